The standard InChI is InChI=1S/C9H13NO2S/c1-7(10-2)9(11)12-6-8-4-3-5-13-8/h3-5,7,10H,6H2,1-2H3. The maximum atomic E-state index is 11.2. The molecule has 0 fully saturated rings. The van der Waals surface area contributed by atoms with Crippen LogP contribution in [0.4, 0.5) is 0 Å². The summed E-state index contributed by atoms with van der Waals surface area (Å²) in [6, 6.07) is 3.65. The van der Waals surface area contributed by atoms with E-state index in [-0.39, 0.29) is 12.0 Å². The molecule has 0 aliphatic carbocycles. The highest BCUT2D eigenvalue weighted by atomic mass is 32.1. The minimum absolute atomic E-state index is 0.212. The number of carbonyl (C=O) groups is 1. The first-order valence-electron chi connectivity index (χ1n) is 4.10. The summed E-state index contributed by atoms with van der Waals surface area (Å²) < 4.78 is 5.05. The van der Waals surface area contributed by atoms with Gasteiger partial charge >= 0.3 is 5.97 Å². The number of rotatable bonds is 4. The van der Waals surface area contributed by atoms with Crippen LogP contribution < -0.4 is 5.32 Å². The number of esters is 1. The SMILES string of the molecule is CNC(C)C(=O)OCc1cccs1. The average molecular weight is 199 g/mol. The van der Waals surface area contributed by atoms with Gasteiger partial charge in [-0.15, -0.1) is 11.3 Å². The minimum atomic E-state index is -0.236. The third-order valence-electron chi connectivity index (χ3n) is 1.72. The first kappa shape index (κ1) is 10.2. The van der Waals surface area contributed by atoms with Gasteiger partial charge in [-0.2, -0.15) is 0 Å². The summed E-state index contributed by atoms with van der Waals surface area (Å²) in [6.07, 6.45) is 0. The van der Waals surface area contributed by atoms with Crippen LogP contribution in [-0.2, 0) is 16.1 Å². The van der Waals surface area contributed by atoms with E-state index in [1.165, 1.54) is 0 Å². The monoisotopic (exact) mass is 199 g/mol. The average Bonchev–Trinajstić information content (AvgIpc) is 2.65. The van der Waals surface area contributed by atoms with Crippen LogP contribution in [0.2, 0.25) is 0 Å². The maximum absolute atomic E-state index is 11.2. The van der Waals surface area contributed by atoms with E-state index in [4.69, 9.17) is 4.74 Å². The number of hydrogen-bond acceptors (Lipinski definition) is 4. The number of nitrogens with one attached hydrogen (secondary N) is 1. The second-order valence-electron chi connectivity index (χ2n) is 2.70. The van der Waals surface area contributed by atoms with E-state index in [1.54, 1.807) is 25.3 Å². The van der Waals surface area contributed by atoms with Crippen molar-refractivity contribution in [1.82, 2.24) is 5.32 Å². The van der Waals surface area contributed by atoms with Gasteiger partial charge < -0.3 is 10.1 Å². The lowest BCUT2D eigenvalue weighted by Gasteiger charge is -2.08. The van der Waals surface area contributed by atoms with Crippen molar-refractivity contribution in [3.05, 3.63) is 22.4 Å². The van der Waals surface area contributed by atoms with E-state index < -0.39 is 0 Å². The Bertz CT molecular complexity index is 259. The smallest absolute Gasteiger partial charge is 0.323 e. The Kier molecular flexibility index (Phi) is 3.92. The molecule has 4 heteroatoms. The zero-order chi connectivity index (χ0) is 9.68. The Morgan fingerprint density at radius 3 is 3.08 bits per heavy atom. The molecule has 0 aliphatic heterocycles. The van der Waals surface area contributed by atoms with Crippen LogP contribution in [0, 0.1) is 0 Å². The fraction of sp³-hybridized carbons (Fsp3) is 0.444. The summed E-state index contributed by atoms with van der Waals surface area (Å²) in [5.74, 6) is -0.212. The van der Waals surface area contributed by atoms with E-state index >= 15 is 0 Å². The fourth-order valence-electron chi connectivity index (χ4n) is 0.780. The molecule has 3 nitrogen and oxygen atoms in total. The van der Waals surface area contributed by atoms with Crippen LogP contribution in [0.3, 0.4) is 0 Å². The molecule has 1 unspecified atom stereocenters. The minimum Gasteiger partial charge on any atom is -0.459 e. The highest BCUT2D eigenvalue weighted by Crippen LogP contribution is 2.09. The van der Waals surface area contributed by atoms with Crippen molar-refractivity contribution in [3.63, 3.8) is 0 Å². The molecular formula is C9H13NO2S. The van der Waals surface area contributed by atoms with Gasteiger partial charge in [-0.25, -0.2) is 0 Å². The molecule has 1 rings (SSSR count). The van der Waals surface area contributed by atoms with E-state index in [0.29, 0.717) is 6.61 Å². The van der Waals surface area contributed by atoms with Crippen molar-refractivity contribution >= 4 is 17.3 Å². The lowest BCUT2D eigenvalue weighted by molar-refractivity contribution is -0.146. The molecule has 13 heavy (non-hydrogen) atoms. The molecule has 0 radical (unpaired) electrons. The molecule has 0 bridgehead atoms. The van der Waals surface area contributed by atoms with Crippen LogP contribution in [0.25, 0.3) is 0 Å². The number of hydrogen-bond donors (Lipinski definition) is 1. The topological polar surface area (TPSA) is 38.3 Å². The van der Waals surface area contributed by atoms with E-state index in [9.17, 15) is 4.79 Å². The Hall–Kier alpha value is -0.870. The normalized spacial score (nSPS) is 12.5. The van der Waals surface area contributed by atoms with Gasteiger partial charge in [0.2, 0.25) is 0 Å². The summed E-state index contributed by atoms with van der Waals surface area (Å²) in [5, 5.41) is 4.79. The lowest BCUT2D eigenvalue weighted by atomic mass is 10.3. The van der Waals surface area contributed by atoms with Crippen molar-refractivity contribution in [3.8, 4) is 0 Å². The third-order valence-corrected chi connectivity index (χ3v) is 2.57. The molecule has 0 spiro atoms. The highest BCUT2D eigenvalue weighted by Gasteiger charge is 2.11. The second-order valence-corrected chi connectivity index (χ2v) is 3.73. The summed E-state index contributed by atoms with van der Waals surface area (Å²) in [5.41, 5.74) is 0. The molecular weight excluding hydrogens is 186 g/mol. The van der Waals surface area contributed by atoms with Crippen molar-refractivity contribution in [1.29, 1.82) is 0 Å². The Morgan fingerprint density at radius 2 is 2.54 bits per heavy atom. The van der Waals surface area contributed by atoms with Crippen molar-refractivity contribution in [2.75, 3.05) is 7.05 Å². The molecule has 0 amide bonds. The van der Waals surface area contributed by atoms with Gasteiger partial charge in [0.25, 0.3) is 0 Å². The van der Waals surface area contributed by atoms with Gasteiger partial charge in [-0.3, -0.25) is 4.79 Å². The Labute approximate surface area is 81.7 Å². The predicted molar refractivity (Wildman–Crippen MR) is 52.6 cm³/mol. The molecule has 0 aliphatic rings. The predicted octanol–water partition coefficient (Wildman–Crippen LogP) is 1.40. The Morgan fingerprint density at radius 1 is 1.77 bits per heavy atom. The molecule has 1 heterocycles. The van der Waals surface area contributed by atoms with Crippen molar-refractivity contribution in [2.24, 2.45) is 0 Å². The molecule has 72 valence electrons. The van der Waals surface area contributed by atoms with Crippen LogP contribution in [-0.4, -0.2) is 19.1 Å². The molecule has 0 saturated carbocycles. The number of carbonyl (C=O) groups excluding carboxylic acids is 1. The third kappa shape index (κ3) is 3.16. The zero-order valence-corrected chi connectivity index (χ0v) is 8.56. The second kappa shape index (κ2) is 4.99. The first-order valence-corrected chi connectivity index (χ1v) is 4.98. The van der Waals surface area contributed by atoms with Gasteiger partial charge in [0.15, 0.2) is 0 Å². The van der Waals surface area contributed by atoms with Crippen molar-refractivity contribution in [2.45, 2.75) is 19.6 Å². The van der Waals surface area contributed by atoms with Gasteiger partial charge in [0, 0.05) is 4.88 Å². The van der Waals surface area contributed by atoms with Crippen LogP contribution in [0.1, 0.15) is 11.8 Å². The molecule has 1 atom stereocenters. The quantitative estimate of drug-likeness (QED) is 0.745. The summed E-state index contributed by atoms with van der Waals surface area (Å²) in [6.45, 7) is 2.15. The first-order chi connectivity index (χ1) is 6.24. The lowest BCUT2D eigenvalue weighted by Crippen LogP contribution is -2.32. The van der Waals surface area contributed by atoms with E-state index in [2.05, 4.69) is 5.32 Å². The molecule has 1 aromatic heterocycles. The number of ether oxygens (including phenoxy) is 1. The summed E-state index contributed by atoms with van der Waals surface area (Å²) in [7, 11) is 1.73. The molecule has 0 aromatic carbocycles. The number of thiophene rings is 1. The fourth-order valence-corrected chi connectivity index (χ4v) is 1.40. The molecule has 0 saturated heterocycles. The van der Waals surface area contributed by atoms with Gasteiger partial charge in [-0.05, 0) is 25.4 Å². The largest absolute Gasteiger partial charge is 0.459 e. The van der Waals surface area contributed by atoms with Crippen molar-refractivity contribution < 1.29 is 9.53 Å². The Balaban J connectivity index is 2.31. The van der Waals surface area contributed by atoms with E-state index in [0.717, 1.165) is 4.88 Å². The maximum Gasteiger partial charge on any atom is 0.323 e. The van der Waals surface area contributed by atoms with Crippen LogP contribution in [0.15, 0.2) is 17.5 Å². The zero-order valence-electron chi connectivity index (χ0n) is 7.74. The van der Waals surface area contributed by atoms with E-state index in [1.807, 2.05) is 17.5 Å². The summed E-state index contributed by atoms with van der Waals surface area (Å²) in [4.78, 5) is 12.3. The molecule has 1 N–H and O–H groups in total. The highest BCUT2D eigenvalue weighted by molar-refractivity contribution is 7.09. The van der Waals surface area contributed by atoms with Gasteiger partial charge in [-0.1, -0.05) is 6.07 Å². The summed E-state index contributed by atoms with van der Waals surface area (Å²) >= 11 is 1.59. The van der Waals surface area contributed by atoms with Crippen LogP contribution in [0.5, 0.6) is 0 Å². The van der Waals surface area contributed by atoms with Crippen LogP contribution >= 0.6 is 11.3 Å². The number of likely N-dealkylation sites (N-methyl/N-ethyl adjacent to an activating group) is 1. The molecule has 1 aromatic rings. The van der Waals surface area contributed by atoms with Gasteiger partial charge in [0.1, 0.15) is 12.6 Å². The van der Waals surface area contributed by atoms with Gasteiger partial charge in [0.05, 0.1) is 0 Å².